The lowest BCUT2D eigenvalue weighted by molar-refractivity contribution is -0.197. The van der Waals surface area contributed by atoms with Gasteiger partial charge in [0, 0.05) is 4.67 Å². The van der Waals surface area contributed by atoms with Crippen LogP contribution in [0.3, 0.4) is 0 Å². The molecule has 0 spiro atoms. The molecule has 82 valence electrons. The van der Waals surface area contributed by atoms with Gasteiger partial charge in [0.1, 0.15) is 0 Å². The van der Waals surface area contributed by atoms with E-state index in [0.717, 1.165) is 5.56 Å². The average molecular weight is 231 g/mol. The Bertz CT molecular complexity index is 328. The molecular weight excluding hydrogens is 219 g/mol. The van der Waals surface area contributed by atoms with Crippen LogP contribution in [-0.2, 0) is 20.5 Å². The van der Waals surface area contributed by atoms with Gasteiger partial charge in [0.25, 0.3) is 0 Å². The molecule has 1 aromatic carbocycles. The minimum Gasteiger partial charge on any atom is -0.504 e. The SMILES string of the molecule is O=[PH+]OOCCCc1ccc(O)c(O)c1. The van der Waals surface area contributed by atoms with E-state index in [1.165, 1.54) is 12.1 Å². The van der Waals surface area contributed by atoms with Crippen molar-refractivity contribution in [2.24, 2.45) is 0 Å². The first-order chi connectivity index (χ1) is 7.24. The Labute approximate surface area is 88.5 Å². The van der Waals surface area contributed by atoms with Crippen LogP contribution >= 0.6 is 8.69 Å². The first kappa shape index (κ1) is 11.9. The Morgan fingerprint density at radius 1 is 1.27 bits per heavy atom. The number of hydrogen-bond donors (Lipinski definition) is 2. The lowest BCUT2D eigenvalue weighted by atomic mass is 10.1. The van der Waals surface area contributed by atoms with Crippen LogP contribution in [0.2, 0.25) is 0 Å². The number of phenolic OH excluding ortho intramolecular Hbond substituents is 2. The Morgan fingerprint density at radius 3 is 2.73 bits per heavy atom. The van der Waals surface area contributed by atoms with E-state index in [-0.39, 0.29) is 11.5 Å². The van der Waals surface area contributed by atoms with Crippen LogP contribution in [0, 0.1) is 0 Å². The van der Waals surface area contributed by atoms with Crippen LogP contribution < -0.4 is 0 Å². The fraction of sp³-hybridized carbons (Fsp3) is 0.333. The highest BCUT2D eigenvalue weighted by Crippen LogP contribution is 2.25. The molecule has 1 atom stereocenters. The number of aromatic hydroxyl groups is 2. The molecule has 0 heterocycles. The van der Waals surface area contributed by atoms with Gasteiger partial charge in [-0.1, -0.05) is 6.07 Å². The van der Waals surface area contributed by atoms with Gasteiger partial charge in [-0.3, -0.25) is 0 Å². The lowest BCUT2D eigenvalue weighted by Gasteiger charge is -2.02. The molecule has 0 bridgehead atoms. The highest BCUT2D eigenvalue weighted by atomic mass is 31.1. The van der Waals surface area contributed by atoms with Crippen LogP contribution in [0.25, 0.3) is 0 Å². The number of hydrogen-bond acceptors (Lipinski definition) is 5. The Morgan fingerprint density at radius 2 is 2.07 bits per heavy atom. The van der Waals surface area contributed by atoms with Crippen molar-refractivity contribution in [3.05, 3.63) is 23.8 Å². The maximum Gasteiger partial charge on any atom is 0.526 e. The van der Waals surface area contributed by atoms with E-state index >= 15 is 0 Å². The Hall–Kier alpha value is -1.16. The lowest BCUT2D eigenvalue weighted by Crippen LogP contribution is -1.93. The van der Waals surface area contributed by atoms with Gasteiger partial charge in [-0.25, -0.2) is 0 Å². The molecule has 0 aliphatic rings. The summed E-state index contributed by atoms with van der Waals surface area (Å²) in [5, 5.41) is 18.3. The van der Waals surface area contributed by atoms with Crippen molar-refractivity contribution in [1.82, 2.24) is 0 Å². The van der Waals surface area contributed by atoms with E-state index in [9.17, 15) is 9.67 Å². The first-order valence-corrected chi connectivity index (χ1v) is 5.22. The second-order valence-corrected chi connectivity index (χ2v) is 3.25. The Balaban J connectivity index is 2.31. The minimum atomic E-state index is -0.913. The molecular formula is C9H12O5P+. The topological polar surface area (TPSA) is 76.0 Å². The summed E-state index contributed by atoms with van der Waals surface area (Å²) in [4.78, 5) is 4.55. The van der Waals surface area contributed by atoms with Gasteiger partial charge in [-0.15, -0.1) is 0 Å². The van der Waals surface area contributed by atoms with E-state index < -0.39 is 8.69 Å². The Kier molecular flexibility index (Phi) is 5.04. The summed E-state index contributed by atoms with van der Waals surface area (Å²) in [5.74, 6) is -0.267. The molecule has 0 radical (unpaired) electrons. The van der Waals surface area contributed by atoms with Crippen molar-refractivity contribution in [3.63, 3.8) is 0 Å². The summed E-state index contributed by atoms with van der Waals surface area (Å²) in [6, 6.07) is 4.64. The van der Waals surface area contributed by atoms with E-state index in [4.69, 9.17) is 5.11 Å². The molecule has 0 amide bonds. The van der Waals surface area contributed by atoms with E-state index in [1.807, 2.05) is 0 Å². The standard InChI is InChI=1S/C9H11O5P/c10-8-4-3-7(6-9(8)11)2-1-5-13-14-15-12/h3-4,6,15H,1-2,5H2,(H-,10,11)/p+1. The first-order valence-electron chi connectivity index (χ1n) is 4.40. The van der Waals surface area contributed by atoms with Crippen LogP contribution in [0.15, 0.2) is 18.2 Å². The monoisotopic (exact) mass is 231 g/mol. The molecule has 0 saturated carbocycles. The fourth-order valence-electron chi connectivity index (χ4n) is 1.13. The van der Waals surface area contributed by atoms with Gasteiger partial charge >= 0.3 is 8.69 Å². The maximum absolute atomic E-state index is 9.86. The molecule has 0 aliphatic carbocycles. The minimum absolute atomic E-state index is 0.133. The van der Waals surface area contributed by atoms with Crippen LogP contribution in [0.1, 0.15) is 12.0 Å². The largest absolute Gasteiger partial charge is 0.526 e. The van der Waals surface area contributed by atoms with E-state index in [1.54, 1.807) is 6.07 Å². The van der Waals surface area contributed by atoms with Crippen LogP contribution in [0.5, 0.6) is 11.5 Å². The van der Waals surface area contributed by atoms with Crippen molar-refractivity contribution >= 4 is 8.69 Å². The van der Waals surface area contributed by atoms with Crippen molar-refractivity contribution in [1.29, 1.82) is 0 Å². The number of rotatable bonds is 6. The van der Waals surface area contributed by atoms with Crippen LogP contribution in [0.4, 0.5) is 0 Å². The molecule has 0 fully saturated rings. The van der Waals surface area contributed by atoms with Crippen molar-refractivity contribution < 1.29 is 24.3 Å². The third-order valence-corrected chi connectivity index (χ3v) is 2.01. The van der Waals surface area contributed by atoms with E-state index in [2.05, 4.69) is 9.56 Å². The number of benzene rings is 1. The number of phenols is 2. The summed E-state index contributed by atoms with van der Waals surface area (Å²) < 4.78 is 14.1. The van der Waals surface area contributed by atoms with Crippen molar-refractivity contribution in [2.75, 3.05) is 6.61 Å². The second-order valence-electron chi connectivity index (χ2n) is 2.92. The molecule has 15 heavy (non-hydrogen) atoms. The van der Waals surface area contributed by atoms with E-state index in [0.29, 0.717) is 19.4 Å². The average Bonchev–Trinajstić information content (AvgIpc) is 2.23. The summed E-state index contributed by atoms with van der Waals surface area (Å²) in [5.41, 5.74) is 0.887. The molecule has 1 aromatic rings. The van der Waals surface area contributed by atoms with Crippen LogP contribution in [-0.4, -0.2) is 16.8 Å². The molecule has 2 N–H and O–H groups in total. The summed E-state index contributed by atoms with van der Waals surface area (Å²) in [6.45, 7) is 0.330. The van der Waals surface area contributed by atoms with Gasteiger partial charge in [-0.2, -0.15) is 4.89 Å². The smallest absolute Gasteiger partial charge is 0.504 e. The highest BCUT2D eigenvalue weighted by molar-refractivity contribution is 7.17. The molecule has 1 unspecified atom stereocenters. The van der Waals surface area contributed by atoms with Crippen molar-refractivity contribution in [3.8, 4) is 11.5 Å². The van der Waals surface area contributed by atoms with Gasteiger partial charge in [0.2, 0.25) is 0 Å². The zero-order valence-corrected chi connectivity index (χ0v) is 8.97. The maximum atomic E-state index is 9.86. The summed E-state index contributed by atoms with van der Waals surface area (Å²) >= 11 is 0. The third kappa shape index (κ3) is 4.25. The summed E-state index contributed by atoms with van der Waals surface area (Å²) in [7, 11) is -0.913. The zero-order valence-electron chi connectivity index (χ0n) is 7.97. The predicted octanol–water partition coefficient (Wildman–Crippen LogP) is 1.92. The molecule has 0 aliphatic heterocycles. The molecule has 0 saturated heterocycles. The molecule has 6 heteroatoms. The quantitative estimate of drug-likeness (QED) is 0.257. The molecule has 0 aromatic heterocycles. The summed E-state index contributed by atoms with van der Waals surface area (Å²) in [6.07, 6.45) is 1.36. The molecule has 1 rings (SSSR count). The van der Waals surface area contributed by atoms with Gasteiger partial charge < -0.3 is 10.2 Å². The van der Waals surface area contributed by atoms with Crippen molar-refractivity contribution in [2.45, 2.75) is 12.8 Å². The third-order valence-electron chi connectivity index (χ3n) is 1.83. The fourth-order valence-corrected chi connectivity index (χ4v) is 1.26. The number of aryl methyl sites for hydroxylation is 1. The normalized spacial score (nSPS) is 10.7. The van der Waals surface area contributed by atoms with Gasteiger partial charge in [-0.05, 0) is 35.1 Å². The van der Waals surface area contributed by atoms with Gasteiger partial charge in [0.15, 0.2) is 11.5 Å². The highest BCUT2D eigenvalue weighted by Gasteiger charge is 2.01. The van der Waals surface area contributed by atoms with Gasteiger partial charge in [0.05, 0.1) is 6.61 Å². The predicted molar refractivity (Wildman–Crippen MR) is 54.1 cm³/mol. The molecule has 5 nitrogen and oxygen atoms in total. The zero-order chi connectivity index (χ0) is 11.1. The second kappa shape index (κ2) is 6.35.